The smallest absolute Gasteiger partial charge is 0.268 e. The third-order valence-electron chi connectivity index (χ3n) is 3.96. The maximum absolute atomic E-state index is 12.0. The van der Waals surface area contributed by atoms with Crippen LogP contribution >= 0.6 is 0 Å². The largest absolute Gasteiger partial charge is 0.342 e. The molecule has 1 aliphatic carbocycles. The van der Waals surface area contributed by atoms with Gasteiger partial charge in [0.1, 0.15) is 12.6 Å². The Kier molecular flexibility index (Phi) is 4.19. The van der Waals surface area contributed by atoms with Crippen molar-refractivity contribution in [1.29, 1.82) is 0 Å². The molecule has 0 unspecified atom stereocenters. The quantitative estimate of drug-likeness (QED) is 0.650. The summed E-state index contributed by atoms with van der Waals surface area (Å²) >= 11 is 0. The van der Waals surface area contributed by atoms with Crippen LogP contribution in [0.4, 0.5) is 0 Å². The van der Waals surface area contributed by atoms with E-state index in [2.05, 4.69) is 10.8 Å². The van der Waals surface area contributed by atoms with Crippen LogP contribution in [0, 0.1) is 5.41 Å². The van der Waals surface area contributed by atoms with Crippen molar-refractivity contribution >= 4 is 11.8 Å². The average molecular weight is 255 g/mol. The zero-order chi connectivity index (χ0) is 13.0. The summed E-state index contributed by atoms with van der Waals surface area (Å²) in [6, 6.07) is -0.559. The number of amides is 2. The molecule has 6 heteroatoms. The number of hydroxylamine groups is 1. The fourth-order valence-corrected chi connectivity index (χ4v) is 2.79. The van der Waals surface area contributed by atoms with Crippen molar-refractivity contribution in [3.63, 3.8) is 0 Å². The van der Waals surface area contributed by atoms with E-state index < -0.39 is 6.04 Å². The molecule has 2 amide bonds. The van der Waals surface area contributed by atoms with Crippen LogP contribution in [-0.4, -0.2) is 31.0 Å². The lowest BCUT2D eigenvalue weighted by atomic mass is 9.71. The molecule has 1 aliphatic heterocycles. The first kappa shape index (κ1) is 13.3. The molecule has 1 heterocycles. The average Bonchev–Trinajstić information content (AvgIpc) is 2.76. The first-order chi connectivity index (χ1) is 8.65. The fourth-order valence-electron chi connectivity index (χ4n) is 2.79. The van der Waals surface area contributed by atoms with E-state index in [1.54, 1.807) is 0 Å². The summed E-state index contributed by atoms with van der Waals surface area (Å²) in [5.41, 5.74) is 7.99. The SMILES string of the molecule is NCC1(CC(=O)N[C@@H]2CONC2=O)CCCCC1. The number of carbonyl (C=O) groups excluding carboxylic acids is 2. The highest BCUT2D eigenvalue weighted by molar-refractivity contribution is 5.88. The summed E-state index contributed by atoms with van der Waals surface area (Å²) in [6.45, 7) is 0.730. The highest BCUT2D eigenvalue weighted by Gasteiger charge is 2.35. The molecule has 18 heavy (non-hydrogen) atoms. The molecule has 1 atom stereocenters. The Morgan fingerprint density at radius 1 is 1.44 bits per heavy atom. The Labute approximate surface area is 107 Å². The van der Waals surface area contributed by atoms with Crippen molar-refractivity contribution in [2.75, 3.05) is 13.2 Å². The molecule has 0 aromatic carbocycles. The lowest BCUT2D eigenvalue weighted by Gasteiger charge is -2.35. The Hall–Kier alpha value is -1.14. The van der Waals surface area contributed by atoms with Gasteiger partial charge >= 0.3 is 0 Å². The van der Waals surface area contributed by atoms with Gasteiger partial charge in [-0.3, -0.25) is 14.4 Å². The second-order valence-corrected chi connectivity index (χ2v) is 5.34. The van der Waals surface area contributed by atoms with E-state index >= 15 is 0 Å². The lowest BCUT2D eigenvalue weighted by Crippen LogP contribution is -2.45. The third kappa shape index (κ3) is 3.00. The molecule has 1 saturated heterocycles. The van der Waals surface area contributed by atoms with Crippen LogP contribution in [0.5, 0.6) is 0 Å². The predicted molar refractivity (Wildman–Crippen MR) is 65.2 cm³/mol. The first-order valence-corrected chi connectivity index (χ1v) is 6.56. The van der Waals surface area contributed by atoms with Gasteiger partial charge in [0.2, 0.25) is 5.91 Å². The van der Waals surface area contributed by atoms with Gasteiger partial charge in [-0.25, -0.2) is 5.48 Å². The topological polar surface area (TPSA) is 93.5 Å². The van der Waals surface area contributed by atoms with Crippen LogP contribution in [-0.2, 0) is 14.4 Å². The third-order valence-corrected chi connectivity index (χ3v) is 3.96. The normalized spacial score (nSPS) is 26.7. The van der Waals surface area contributed by atoms with E-state index in [4.69, 9.17) is 10.6 Å². The second kappa shape index (κ2) is 5.67. The second-order valence-electron chi connectivity index (χ2n) is 5.34. The molecule has 4 N–H and O–H groups in total. The molecule has 0 aromatic heterocycles. The zero-order valence-corrected chi connectivity index (χ0v) is 10.5. The lowest BCUT2D eigenvalue weighted by molar-refractivity contribution is -0.129. The minimum atomic E-state index is -0.559. The predicted octanol–water partition coefficient (Wildman–Crippen LogP) is -0.168. The van der Waals surface area contributed by atoms with E-state index in [9.17, 15) is 9.59 Å². The van der Waals surface area contributed by atoms with E-state index in [0.717, 1.165) is 25.7 Å². The van der Waals surface area contributed by atoms with Gasteiger partial charge in [0, 0.05) is 6.42 Å². The molecule has 0 spiro atoms. The van der Waals surface area contributed by atoms with Crippen molar-refractivity contribution in [1.82, 2.24) is 10.8 Å². The Morgan fingerprint density at radius 2 is 2.17 bits per heavy atom. The van der Waals surface area contributed by atoms with Crippen molar-refractivity contribution in [3.8, 4) is 0 Å². The van der Waals surface area contributed by atoms with E-state index in [0.29, 0.717) is 13.0 Å². The van der Waals surface area contributed by atoms with Crippen molar-refractivity contribution in [3.05, 3.63) is 0 Å². The van der Waals surface area contributed by atoms with Crippen LogP contribution in [0.1, 0.15) is 38.5 Å². The number of hydrogen-bond acceptors (Lipinski definition) is 4. The maximum Gasteiger partial charge on any atom is 0.268 e. The van der Waals surface area contributed by atoms with E-state index in [1.165, 1.54) is 6.42 Å². The first-order valence-electron chi connectivity index (χ1n) is 6.56. The molecule has 0 aromatic rings. The minimum absolute atomic E-state index is 0.0712. The zero-order valence-electron chi connectivity index (χ0n) is 10.5. The number of nitrogens with one attached hydrogen (secondary N) is 2. The van der Waals surface area contributed by atoms with Gasteiger partial charge in [0.15, 0.2) is 0 Å². The fraction of sp³-hybridized carbons (Fsp3) is 0.833. The van der Waals surface area contributed by atoms with Crippen LogP contribution in [0.2, 0.25) is 0 Å². The van der Waals surface area contributed by atoms with Crippen LogP contribution in [0.15, 0.2) is 0 Å². The molecular formula is C12H21N3O3. The molecule has 2 aliphatic rings. The van der Waals surface area contributed by atoms with Crippen molar-refractivity contribution in [2.24, 2.45) is 11.1 Å². The molecule has 2 rings (SSSR count). The molecule has 2 fully saturated rings. The van der Waals surface area contributed by atoms with Gasteiger partial charge in [-0.1, -0.05) is 19.3 Å². The summed E-state index contributed by atoms with van der Waals surface area (Å²) in [6.07, 6.45) is 5.92. The number of nitrogens with two attached hydrogens (primary N) is 1. The summed E-state index contributed by atoms with van der Waals surface area (Å²) in [5.74, 6) is -0.387. The number of carbonyl (C=O) groups is 2. The molecule has 0 bridgehead atoms. The highest BCUT2D eigenvalue weighted by Crippen LogP contribution is 2.38. The van der Waals surface area contributed by atoms with Crippen LogP contribution < -0.4 is 16.5 Å². The van der Waals surface area contributed by atoms with Crippen LogP contribution in [0.25, 0.3) is 0 Å². The van der Waals surface area contributed by atoms with Crippen molar-refractivity contribution < 1.29 is 14.4 Å². The van der Waals surface area contributed by atoms with Crippen LogP contribution in [0.3, 0.4) is 0 Å². The van der Waals surface area contributed by atoms with Gasteiger partial charge in [-0.15, -0.1) is 0 Å². The summed E-state index contributed by atoms with van der Waals surface area (Å²) < 4.78 is 0. The Bertz CT molecular complexity index is 327. The Morgan fingerprint density at radius 3 is 2.72 bits per heavy atom. The van der Waals surface area contributed by atoms with E-state index in [-0.39, 0.29) is 23.8 Å². The summed E-state index contributed by atoms with van der Waals surface area (Å²) in [4.78, 5) is 28.0. The monoisotopic (exact) mass is 255 g/mol. The molecule has 102 valence electrons. The highest BCUT2D eigenvalue weighted by atomic mass is 16.7. The number of rotatable bonds is 4. The molecule has 6 nitrogen and oxygen atoms in total. The van der Waals surface area contributed by atoms with Gasteiger partial charge in [0.05, 0.1) is 0 Å². The Balaban J connectivity index is 1.87. The van der Waals surface area contributed by atoms with Crippen molar-refractivity contribution in [2.45, 2.75) is 44.6 Å². The van der Waals surface area contributed by atoms with Gasteiger partial charge < -0.3 is 11.1 Å². The summed E-state index contributed by atoms with van der Waals surface area (Å²) in [7, 11) is 0. The van der Waals surface area contributed by atoms with Gasteiger partial charge in [-0.2, -0.15) is 0 Å². The summed E-state index contributed by atoms with van der Waals surface area (Å²) in [5, 5.41) is 2.70. The maximum atomic E-state index is 12.0. The molecule has 1 saturated carbocycles. The molecule has 0 radical (unpaired) electrons. The number of hydrogen-bond donors (Lipinski definition) is 3. The van der Waals surface area contributed by atoms with Gasteiger partial charge in [-0.05, 0) is 24.8 Å². The van der Waals surface area contributed by atoms with E-state index in [1.807, 2.05) is 0 Å². The van der Waals surface area contributed by atoms with Gasteiger partial charge in [0.25, 0.3) is 5.91 Å². The molecular weight excluding hydrogens is 234 g/mol. The minimum Gasteiger partial charge on any atom is -0.342 e. The standard InChI is InChI=1S/C12H21N3O3/c13-8-12(4-2-1-3-5-12)6-10(16)14-9-7-18-15-11(9)17/h9H,1-8,13H2,(H,14,16)(H,15,17)/t9-/m1/s1.